The summed E-state index contributed by atoms with van der Waals surface area (Å²) in [4.78, 5) is 58.1. The highest BCUT2D eigenvalue weighted by atomic mass is 16.7. The van der Waals surface area contributed by atoms with Gasteiger partial charge in [-0.1, -0.05) is 85.7 Å². The number of para-hydroxylation sites is 2. The molecule has 0 fully saturated rings. The van der Waals surface area contributed by atoms with Gasteiger partial charge in [0.1, 0.15) is 30.8 Å². The minimum Gasteiger partial charge on any atom is -0.489 e. The summed E-state index contributed by atoms with van der Waals surface area (Å²) in [6.07, 6.45) is -0.774. The lowest BCUT2D eigenvalue weighted by Crippen LogP contribution is -2.57. The Kier molecular flexibility index (Phi) is 10.7. The Morgan fingerprint density at radius 2 is 1.46 bits per heavy atom. The van der Waals surface area contributed by atoms with Crippen LogP contribution in [0.1, 0.15) is 37.0 Å². The summed E-state index contributed by atoms with van der Waals surface area (Å²) in [6, 6.07) is 28.4. The molecule has 4 aromatic rings. The Bertz CT molecular complexity index is 1790. The average Bonchev–Trinajstić information content (AvgIpc) is 3.54. The third kappa shape index (κ3) is 8.35. The van der Waals surface area contributed by atoms with Crippen LogP contribution in [0.15, 0.2) is 108 Å². The second-order valence-electron chi connectivity index (χ2n) is 11.9. The molecular weight excluding hydrogens is 614 g/mol. The van der Waals surface area contributed by atoms with Crippen LogP contribution in [0, 0.1) is 5.92 Å². The molecule has 0 spiro atoms. The van der Waals surface area contributed by atoms with Crippen LogP contribution in [-0.2, 0) is 19.2 Å². The number of oxime groups is 1. The minimum absolute atomic E-state index is 0.0962. The number of nitrogens with one attached hydrogen (secondary N) is 2. The first-order chi connectivity index (χ1) is 23.1. The number of Topliss-reactive ketones (excluding diaryl/α,β-unsaturated/α-hetero) is 1. The SMILES string of the molecule is CC(C)C(NC(=O)c1ccc2ccccc2c1)C1=NOC(COc2ccccc2)(C(=O)N[C@@H](CC(=O)O)C(=O)COc2ccccc2)C1. The first-order valence-corrected chi connectivity index (χ1v) is 15.6. The van der Waals surface area contributed by atoms with Crippen molar-refractivity contribution in [3.8, 4) is 11.5 Å². The fourth-order valence-corrected chi connectivity index (χ4v) is 5.32. The molecule has 3 N–H and O–H groups in total. The first kappa shape index (κ1) is 33.6. The molecule has 0 aliphatic carbocycles. The van der Waals surface area contributed by atoms with Gasteiger partial charge in [0, 0.05) is 12.0 Å². The Morgan fingerprint density at radius 3 is 2.10 bits per heavy atom. The van der Waals surface area contributed by atoms with Crippen LogP contribution >= 0.6 is 0 Å². The molecule has 0 radical (unpaired) electrons. The molecule has 248 valence electrons. The monoisotopic (exact) mass is 651 g/mol. The number of carboxylic acid groups (broad SMARTS) is 1. The van der Waals surface area contributed by atoms with Gasteiger partial charge in [0.15, 0.2) is 5.78 Å². The Morgan fingerprint density at radius 1 is 0.833 bits per heavy atom. The molecule has 5 rings (SSSR count). The molecule has 3 atom stereocenters. The number of amides is 2. The summed E-state index contributed by atoms with van der Waals surface area (Å²) < 4.78 is 11.5. The standard InChI is InChI=1S/C37H37N3O8/c1-24(2)34(39-35(44)27-18-17-25-11-9-10-12-26(25)19-27)31-21-37(48-40-31,23-47-29-15-7-4-8-16-29)36(45)38-30(20-33(42)43)32(41)22-46-28-13-5-3-6-14-28/h3-19,24,30,34H,20-23H2,1-2H3,(H,38,45)(H,39,44)(H,42,43)/t30-,34?,37?/m0/s1. The van der Waals surface area contributed by atoms with Crippen LogP contribution in [0.5, 0.6) is 11.5 Å². The lowest BCUT2D eigenvalue weighted by atomic mass is 9.89. The van der Waals surface area contributed by atoms with Crippen molar-refractivity contribution >= 4 is 40.1 Å². The van der Waals surface area contributed by atoms with Crippen molar-refractivity contribution in [1.29, 1.82) is 0 Å². The van der Waals surface area contributed by atoms with Gasteiger partial charge in [0.25, 0.3) is 17.4 Å². The van der Waals surface area contributed by atoms with Gasteiger partial charge in [-0.3, -0.25) is 19.2 Å². The van der Waals surface area contributed by atoms with Crippen molar-refractivity contribution in [2.24, 2.45) is 11.1 Å². The van der Waals surface area contributed by atoms with Crippen LogP contribution in [0.2, 0.25) is 0 Å². The molecular formula is C37H37N3O8. The number of hydrogen-bond donors (Lipinski definition) is 3. The van der Waals surface area contributed by atoms with E-state index in [0.29, 0.717) is 22.8 Å². The Labute approximate surface area is 277 Å². The van der Waals surface area contributed by atoms with E-state index in [0.717, 1.165) is 10.8 Å². The van der Waals surface area contributed by atoms with E-state index in [2.05, 4.69) is 15.8 Å². The Hall–Kier alpha value is -5.71. The van der Waals surface area contributed by atoms with Gasteiger partial charge >= 0.3 is 5.97 Å². The van der Waals surface area contributed by atoms with E-state index in [1.54, 1.807) is 60.7 Å². The zero-order chi connectivity index (χ0) is 34.1. The Balaban J connectivity index is 1.35. The normalized spacial score (nSPS) is 16.7. The number of fused-ring (bicyclic) bond motifs is 1. The van der Waals surface area contributed by atoms with E-state index in [1.807, 2.05) is 56.3 Å². The molecule has 0 saturated carbocycles. The van der Waals surface area contributed by atoms with Gasteiger partial charge in [-0.15, -0.1) is 0 Å². The number of ether oxygens (including phenoxy) is 2. The van der Waals surface area contributed by atoms with Crippen LogP contribution in [0.25, 0.3) is 10.8 Å². The summed E-state index contributed by atoms with van der Waals surface area (Å²) in [6.45, 7) is 3.04. The van der Waals surface area contributed by atoms with E-state index in [-0.39, 0.29) is 24.9 Å². The van der Waals surface area contributed by atoms with E-state index in [4.69, 9.17) is 14.3 Å². The zero-order valence-electron chi connectivity index (χ0n) is 26.6. The van der Waals surface area contributed by atoms with E-state index in [9.17, 15) is 24.3 Å². The maximum atomic E-state index is 14.0. The number of carbonyl (C=O) groups is 4. The molecule has 0 aromatic heterocycles. The minimum atomic E-state index is -1.77. The molecule has 11 nitrogen and oxygen atoms in total. The molecule has 1 aliphatic heterocycles. The maximum Gasteiger partial charge on any atom is 0.305 e. The molecule has 1 aliphatic rings. The number of carbonyl (C=O) groups excluding carboxylic acids is 3. The predicted octanol–water partition coefficient (Wildman–Crippen LogP) is 4.80. The van der Waals surface area contributed by atoms with E-state index in [1.165, 1.54) is 0 Å². The second-order valence-corrected chi connectivity index (χ2v) is 11.9. The first-order valence-electron chi connectivity index (χ1n) is 15.6. The molecule has 11 heteroatoms. The lowest BCUT2D eigenvalue weighted by Gasteiger charge is -2.28. The van der Waals surface area contributed by atoms with Gasteiger partial charge in [-0.2, -0.15) is 0 Å². The number of rotatable bonds is 15. The van der Waals surface area contributed by atoms with E-state index < -0.39 is 48.4 Å². The van der Waals surface area contributed by atoms with Crippen LogP contribution in [0.3, 0.4) is 0 Å². The zero-order valence-corrected chi connectivity index (χ0v) is 26.6. The molecule has 2 amide bonds. The number of nitrogens with zero attached hydrogens (tertiary/aromatic N) is 1. The summed E-state index contributed by atoms with van der Waals surface area (Å²) in [5.41, 5.74) is -0.925. The molecule has 2 unspecified atom stereocenters. The highest BCUT2D eigenvalue weighted by Gasteiger charge is 2.50. The third-order valence-corrected chi connectivity index (χ3v) is 7.95. The smallest absolute Gasteiger partial charge is 0.305 e. The lowest BCUT2D eigenvalue weighted by molar-refractivity contribution is -0.151. The van der Waals surface area contributed by atoms with Gasteiger partial charge in [-0.05, 0) is 53.1 Å². The highest BCUT2D eigenvalue weighted by Crippen LogP contribution is 2.30. The topological polar surface area (TPSA) is 153 Å². The largest absolute Gasteiger partial charge is 0.489 e. The molecule has 0 saturated heterocycles. The fraction of sp³-hybridized carbons (Fsp3) is 0.270. The van der Waals surface area contributed by atoms with Crippen molar-refractivity contribution in [3.63, 3.8) is 0 Å². The highest BCUT2D eigenvalue weighted by molar-refractivity contribution is 6.04. The number of benzene rings is 4. The van der Waals surface area contributed by atoms with Crippen molar-refractivity contribution in [3.05, 3.63) is 109 Å². The number of hydrogen-bond acceptors (Lipinski definition) is 8. The van der Waals surface area contributed by atoms with Crippen LogP contribution in [0.4, 0.5) is 0 Å². The number of ketones is 1. The van der Waals surface area contributed by atoms with Gasteiger partial charge in [0.05, 0.1) is 18.2 Å². The second kappa shape index (κ2) is 15.3. The number of aliphatic carboxylic acids is 1. The van der Waals surface area contributed by atoms with Crippen molar-refractivity contribution in [1.82, 2.24) is 10.6 Å². The summed E-state index contributed by atoms with van der Waals surface area (Å²) >= 11 is 0. The van der Waals surface area contributed by atoms with Crippen molar-refractivity contribution in [2.45, 2.75) is 44.4 Å². The summed E-state index contributed by atoms with van der Waals surface area (Å²) in [7, 11) is 0. The van der Waals surface area contributed by atoms with Gasteiger partial charge < -0.3 is 30.1 Å². The summed E-state index contributed by atoms with van der Waals surface area (Å²) in [5.74, 6) is -2.32. The van der Waals surface area contributed by atoms with Gasteiger partial charge in [-0.25, -0.2) is 0 Å². The molecule has 48 heavy (non-hydrogen) atoms. The quantitative estimate of drug-likeness (QED) is 0.166. The maximum absolute atomic E-state index is 14.0. The van der Waals surface area contributed by atoms with E-state index >= 15 is 0 Å². The van der Waals surface area contributed by atoms with Gasteiger partial charge in [0.2, 0.25) is 0 Å². The molecule has 0 bridgehead atoms. The predicted molar refractivity (Wildman–Crippen MR) is 179 cm³/mol. The fourth-order valence-electron chi connectivity index (χ4n) is 5.32. The molecule has 1 heterocycles. The van der Waals surface area contributed by atoms with Crippen LogP contribution in [-0.4, -0.2) is 65.3 Å². The average molecular weight is 652 g/mol. The van der Waals surface area contributed by atoms with Crippen molar-refractivity contribution in [2.75, 3.05) is 13.2 Å². The summed E-state index contributed by atoms with van der Waals surface area (Å²) in [5, 5.41) is 21.3. The molecule has 4 aromatic carbocycles. The van der Waals surface area contributed by atoms with Crippen LogP contribution < -0.4 is 20.1 Å². The third-order valence-electron chi connectivity index (χ3n) is 7.95. The van der Waals surface area contributed by atoms with Crippen molar-refractivity contribution < 1.29 is 38.6 Å². The number of carboxylic acids is 1.